The number of nitrogens with two attached hydrogens (primary N) is 1. The predicted molar refractivity (Wildman–Crippen MR) is 94.6 cm³/mol. The Morgan fingerprint density at radius 1 is 1.33 bits per heavy atom. The summed E-state index contributed by atoms with van der Waals surface area (Å²) in [5.74, 6) is 0.249. The fraction of sp³-hybridized carbons (Fsp3) is 0.588. The largest absolute Gasteiger partial charge is 0.349 e. The lowest BCUT2D eigenvalue weighted by Gasteiger charge is -2.31. The van der Waals surface area contributed by atoms with Crippen LogP contribution in [0.1, 0.15) is 41.6 Å². The highest BCUT2D eigenvalue weighted by Gasteiger charge is 2.28. The first-order valence-electron chi connectivity index (χ1n) is 8.51. The standard InChI is InChI=1S/C17H25N3O3S/c1-24(22,23)20-9-8-12-10-13(6-7-16(12)20)17(21)19-15-5-3-2-4-14(15)11-18/h6-7,10,14-15H,2-5,8-9,11,18H2,1H3,(H,19,21). The zero-order chi connectivity index (χ0) is 17.3. The molecule has 2 atom stereocenters. The van der Waals surface area contributed by atoms with Gasteiger partial charge in [0.2, 0.25) is 10.0 Å². The maximum Gasteiger partial charge on any atom is 0.251 e. The molecule has 3 N–H and O–H groups in total. The van der Waals surface area contributed by atoms with Gasteiger partial charge in [0.1, 0.15) is 0 Å². The third-order valence-electron chi connectivity index (χ3n) is 5.12. The van der Waals surface area contributed by atoms with Gasteiger partial charge in [0.25, 0.3) is 5.91 Å². The van der Waals surface area contributed by atoms with E-state index in [2.05, 4.69) is 5.32 Å². The van der Waals surface area contributed by atoms with E-state index in [-0.39, 0.29) is 11.9 Å². The normalized spacial score (nSPS) is 23.8. The van der Waals surface area contributed by atoms with Gasteiger partial charge in [-0.3, -0.25) is 9.10 Å². The van der Waals surface area contributed by atoms with Crippen LogP contribution in [0, 0.1) is 5.92 Å². The average Bonchev–Trinajstić information content (AvgIpc) is 2.98. The van der Waals surface area contributed by atoms with E-state index in [1.807, 2.05) is 6.07 Å². The van der Waals surface area contributed by atoms with Gasteiger partial charge in [0.05, 0.1) is 11.9 Å². The smallest absolute Gasteiger partial charge is 0.251 e. The number of benzene rings is 1. The third-order valence-corrected chi connectivity index (χ3v) is 6.30. The van der Waals surface area contributed by atoms with Gasteiger partial charge in [0.15, 0.2) is 0 Å². The Kier molecular flexibility index (Phi) is 4.83. The number of hydrogen-bond donors (Lipinski definition) is 2. The molecule has 1 aromatic rings. The van der Waals surface area contributed by atoms with E-state index in [0.717, 1.165) is 24.8 Å². The minimum Gasteiger partial charge on any atom is -0.349 e. The first-order chi connectivity index (χ1) is 11.4. The van der Waals surface area contributed by atoms with Gasteiger partial charge < -0.3 is 11.1 Å². The first kappa shape index (κ1) is 17.2. The molecule has 1 aromatic carbocycles. The molecule has 0 spiro atoms. The summed E-state index contributed by atoms with van der Waals surface area (Å²) >= 11 is 0. The Labute approximate surface area is 143 Å². The molecule has 0 saturated heterocycles. The molecular weight excluding hydrogens is 326 g/mol. The number of fused-ring (bicyclic) bond motifs is 1. The minimum atomic E-state index is -3.26. The first-order valence-corrected chi connectivity index (χ1v) is 10.4. The number of nitrogens with one attached hydrogen (secondary N) is 1. The molecule has 6 nitrogen and oxygen atoms in total. The van der Waals surface area contributed by atoms with Crippen molar-refractivity contribution in [2.45, 2.75) is 38.1 Å². The lowest BCUT2D eigenvalue weighted by atomic mass is 9.84. The van der Waals surface area contributed by atoms with E-state index in [1.165, 1.54) is 17.0 Å². The molecule has 2 unspecified atom stereocenters. The summed E-state index contributed by atoms with van der Waals surface area (Å²) in [6.45, 7) is 1.04. The second-order valence-corrected chi connectivity index (χ2v) is 8.70. The van der Waals surface area contributed by atoms with Crippen LogP contribution < -0.4 is 15.4 Å². The van der Waals surface area contributed by atoms with Crippen molar-refractivity contribution >= 4 is 21.6 Å². The van der Waals surface area contributed by atoms with E-state index in [0.29, 0.717) is 36.7 Å². The van der Waals surface area contributed by atoms with Gasteiger partial charge in [-0.1, -0.05) is 12.8 Å². The fourth-order valence-corrected chi connectivity index (χ4v) is 4.75. The molecular formula is C17H25N3O3S. The molecule has 1 saturated carbocycles. The van der Waals surface area contributed by atoms with Crippen LogP contribution in [0.15, 0.2) is 18.2 Å². The Bertz CT molecular complexity index is 733. The van der Waals surface area contributed by atoms with Crippen LogP contribution in [-0.2, 0) is 16.4 Å². The molecule has 1 amide bonds. The van der Waals surface area contributed by atoms with Gasteiger partial charge in [-0.05, 0) is 55.5 Å². The second kappa shape index (κ2) is 6.72. The van der Waals surface area contributed by atoms with Gasteiger partial charge in [-0.2, -0.15) is 0 Å². The number of carbonyl (C=O) groups is 1. The maximum absolute atomic E-state index is 12.6. The SMILES string of the molecule is CS(=O)(=O)N1CCc2cc(C(=O)NC3CCCCC3CN)ccc21. The average molecular weight is 351 g/mol. The van der Waals surface area contributed by atoms with Crippen molar-refractivity contribution in [1.82, 2.24) is 5.32 Å². The highest BCUT2D eigenvalue weighted by molar-refractivity contribution is 7.92. The molecule has 1 heterocycles. The van der Waals surface area contributed by atoms with E-state index in [9.17, 15) is 13.2 Å². The van der Waals surface area contributed by atoms with Crippen molar-refractivity contribution < 1.29 is 13.2 Å². The third kappa shape index (κ3) is 3.42. The molecule has 1 aliphatic carbocycles. The van der Waals surface area contributed by atoms with Crippen LogP contribution >= 0.6 is 0 Å². The van der Waals surface area contributed by atoms with Crippen LogP contribution in [0.3, 0.4) is 0 Å². The number of carbonyl (C=O) groups excluding carboxylic acids is 1. The van der Waals surface area contributed by atoms with Gasteiger partial charge >= 0.3 is 0 Å². The summed E-state index contributed by atoms with van der Waals surface area (Å²) in [7, 11) is -3.26. The molecule has 0 radical (unpaired) electrons. The number of nitrogens with zero attached hydrogens (tertiary/aromatic N) is 1. The summed E-state index contributed by atoms with van der Waals surface area (Å²) in [5.41, 5.74) is 8.01. The Hall–Kier alpha value is -1.60. The lowest BCUT2D eigenvalue weighted by molar-refractivity contribution is 0.0908. The maximum atomic E-state index is 12.6. The van der Waals surface area contributed by atoms with Crippen molar-refractivity contribution in [2.75, 3.05) is 23.7 Å². The summed E-state index contributed by atoms with van der Waals surface area (Å²) in [5, 5.41) is 3.12. The molecule has 132 valence electrons. The summed E-state index contributed by atoms with van der Waals surface area (Å²) in [6, 6.07) is 5.39. The van der Waals surface area contributed by atoms with Crippen molar-refractivity contribution in [3.05, 3.63) is 29.3 Å². The lowest BCUT2D eigenvalue weighted by Crippen LogP contribution is -2.44. The molecule has 24 heavy (non-hydrogen) atoms. The van der Waals surface area contributed by atoms with Crippen LogP contribution in [0.25, 0.3) is 0 Å². The molecule has 2 aliphatic rings. The van der Waals surface area contributed by atoms with E-state index in [4.69, 9.17) is 5.73 Å². The minimum absolute atomic E-state index is 0.0963. The molecule has 7 heteroatoms. The highest BCUT2D eigenvalue weighted by atomic mass is 32.2. The van der Waals surface area contributed by atoms with Crippen molar-refractivity contribution in [1.29, 1.82) is 0 Å². The quantitative estimate of drug-likeness (QED) is 0.854. The summed E-state index contributed by atoms with van der Waals surface area (Å²) in [4.78, 5) is 12.6. The summed E-state index contributed by atoms with van der Waals surface area (Å²) < 4.78 is 25.0. The number of hydrogen-bond acceptors (Lipinski definition) is 4. The van der Waals surface area contributed by atoms with E-state index in [1.54, 1.807) is 12.1 Å². The van der Waals surface area contributed by atoms with Crippen molar-refractivity contribution in [2.24, 2.45) is 11.7 Å². The Morgan fingerprint density at radius 2 is 2.08 bits per heavy atom. The van der Waals surface area contributed by atoms with Crippen LogP contribution in [-0.4, -0.2) is 39.7 Å². The topological polar surface area (TPSA) is 92.5 Å². The number of sulfonamides is 1. The Balaban J connectivity index is 1.75. The molecule has 3 rings (SSSR count). The van der Waals surface area contributed by atoms with Gasteiger partial charge in [0, 0.05) is 18.2 Å². The zero-order valence-corrected chi connectivity index (χ0v) is 14.8. The van der Waals surface area contributed by atoms with E-state index < -0.39 is 10.0 Å². The van der Waals surface area contributed by atoms with Crippen LogP contribution in [0.2, 0.25) is 0 Å². The monoisotopic (exact) mass is 351 g/mol. The number of anilines is 1. The predicted octanol–water partition coefficient (Wildman–Crippen LogP) is 1.26. The zero-order valence-electron chi connectivity index (χ0n) is 14.0. The number of rotatable bonds is 4. The van der Waals surface area contributed by atoms with Gasteiger partial charge in [-0.15, -0.1) is 0 Å². The summed E-state index contributed by atoms with van der Waals surface area (Å²) in [6.07, 6.45) is 6.18. The van der Waals surface area contributed by atoms with Gasteiger partial charge in [-0.25, -0.2) is 8.42 Å². The van der Waals surface area contributed by atoms with Crippen molar-refractivity contribution in [3.8, 4) is 0 Å². The Morgan fingerprint density at radius 3 is 2.79 bits per heavy atom. The fourth-order valence-electron chi connectivity index (χ4n) is 3.79. The molecule has 1 fully saturated rings. The van der Waals surface area contributed by atoms with E-state index >= 15 is 0 Å². The number of amides is 1. The molecule has 1 aliphatic heterocycles. The van der Waals surface area contributed by atoms with Crippen LogP contribution in [0.4, 0.5) is 5.69 Å². The van der Waals surface area contributed by atoms with Crippen molar-refractivity contribution in [3.63, 3.8) is 0 Å². The second-order valence-electron chi connectivity index (χ2n) is 6.79. The van der Waals surface area contributed by atoms with Crippen LogP contribution in [0.5, 0.6) is 0 Å². The molecule has 0 aromatic heterocycles. The highest BCUT2D eigenvalue weighted by Crippen LogP contribution is 2.31. The molecule has 0 bridgehead atoms.